The summed E-state index contributed by atoms with van der Waals surface area (Å²) < 4.78 is 0. The average Bonchev–Trinajstić information content (AvgIpc) is 2.54. The van der Waals surface area contributed by atoms with E-state index >= 15 is 0 Å². The van der Waals surface area contributed by atoms with Crippen LogP contribution >= 0.6 is 0 Å². The molecule has 22 heavy (non-hydrogen) atoms. The van der Waals surface area contributed by atoms with Gasteiger partial charge >= 0.3 is 11.8 Å². The molecule has 0 fully saturated rings. The Morgan fingerprint density at radius 3 is 2.36 bits per heavy atom. The summed E-state index contributed by atoms with van der Waals surface area (Å²) >= 11 is 0. The van der Waals surface area contributed by atoms with E-state index in [4.69, 9.17) is 0 Å². The highest BCUT2D eigenvalue weighted by Crippen LogP contribution is 2.16. The van der Waals surface area contributed by atoms with E-state index in [-0.39, 0.29) is 6.54 Å². The maximum Gasteiger partial charge on any atom is 0.313 e. The third-order valence-electron chi connectivity index (χ3n) is 3.20. The Labute approximate surface area is 129 Å². The lowest BCUT2D eigenvalue weighted by Crippen LogP contribution is -2.35. The van der Waals surface area contributed by atoms with Gasteiger partial charge in [0.15, 0.2) is 0 Å². The number of hydrogen-bond donors (Lipinski definition) is 2. The second kappa shape index (κ2) is 7.36. The third-order valence-corrected chi connectivity index (χ3v) is 3.20. The number of benzene rings is 1. The fraction of sp³-hybridized carbons (Fsp3) is 0.235. The van der Waals surface area contributed by atoms with Crippen LogP contribution in [-0.4, -0.2) is 16.8 Å². The molecule has 0 bridgehead atoms. The van der Waals surface area contributed by atoms with Crippen molar-refractivity contribution in [1.29, 1.82) is 0 Å². The highest BCUT2D eigenvalue weighted by atomic mass is 16.2. The number of pyridine rings is 1. The van der Waals surface area contributed by atoms with Gasteiger partial charge in [0, 0.05) is 11.9 Å². The van der Waals surface area contributed by atoms with Crippen LogP contribution in [0.15, 0.2) is 48.7 Å². The molecular formula is C17H19N3O2. The van der Waals surface area contributed by atoms with E-state index in [0.29, 0.717) is 17.3 Å². The van der Waals surface area contributed by atoms with Gasteiger partial charge in [0.2, 0.25) is 0 Å². The maximum atomic E-state index is 11.8. The van der Waals surface area contributed by atoms with Crippen LogP contribution in [0.2, 0.25) is 0 Å². The first-order valence-electron chi connectivity index (χ1n) is 7.15. The second-order valence-corrected chi connectivity index (χ2v) is 5.23. The number of carbonyl (C=O) groups excluding carboxylic acids is 2. The standard InChI is InChI=1S/C17H19N3O2/c1-12(2)13-6-8-14(9-7-13)20-17(22)16(21)19-11-15-5-3-4-10-18-15/h3-10,12H,11H2,1-2H3,(H,19,21)(H,20,22). The minimum absolute atomic E-state index is 0.222. The van der Waals surface area contributed by atoms with Crippen LogP contribution in [0.5, 0.6) is 0 Å². The molecule has 0 aliphatic rings. The van der Waals surface area contributed by atoms with Crippen LogP contribution in [0, 0.1) is 0 Å². The van der Waals surface area contributed by atoms with Gasteiger partial charge in [-0.1, -0.05) is 32.0 Å². The van der Waals surface area contributed by atoms with Crippen LogP contribution in [0.4, 0.5) is 5.69 Å². The summed E-state index contributed by atoms with van der Waals surface area (Å²) in [6, 6.07) is 12.9. The van der Waals surface area contributed by atoms with Crippen LogP contribution in [0.25, 0.3) is 0 Å². The number of anilines is 1. The van der Waals surface area contributed by atoms with Gasteiger partial charge in [-0.3, -0.25) is 14.6 Å². The predicted octanol–water partition coefficient (Wildman–Crippen LogP) is 2.46. The van der Waals surface area contributed by atoms with E-state index in [1.165, 1.54) is 5.56 Å². The molecule has 0 atom stereocenters. The number of rotatable bonds is 4. The van der Waals surface area contributed by atoms with Gasteiger partial charge in [-0.05, 0) is 35.7 Å². The Morgan fingerprint density at radius 2 is 1.77 bits per heavy atom. The van der Waals surface area contributed by atoms with Gasteiger partial charge in [-0.25, -0.2) is 0 Å². The lowest BCUT2D eigenvalue weighted by molar-refractivity contribution is -0.136. The molecular weight excluding hydrogens is 278 g/mol. The van der Waals surface area contributed by atoms with Crippen molar-refractivity contribution in [3.63, 3.8) is 0 Å². The highest BCUT2D eigenvalue weighted by Gasteiger charge is 2.13. The Bertz CT molecular complexity index is 637. The second-order valence-electron chi connectivity index (χ2n) is 5.23. The zero-order valence-electron chi connectivity index (χ0n) is 12.7. The molecule has 0 unspecified atom stereocenters. The zero-order chi connectivity index (χ0) is 15.9. The molecule has 1 heterocycles. The normalized spacial score (nSPS) is 10.3. The molecule has 114 valence electrons. The molecule has 2 rings (SSSR count). The monoisotopic (exact) mass is 297 g/mol. The SMILES string of the molecule is CC(C)c1ccc(NC(=O)C(=O)NCc2ccccn2)cc1. The largest absolute Gasteiger partial charge is 0.342 e. The van der Waals surface area contributed by atoms with Crippen molar-refractivity contribution < 1.29 is 9.59 Å². The van der Waals surface area contributed by atoms with Gasteiger partial charge in [-0.2, -0.15) is 0 Å². The molecule has 0 radical (unpaired) electrons. The Kier molecular flexibility index (Phi) is 5.25. The van der Waals surface area contributed by atoms with Gasteiger partial charge in [-0.15, -0.1) is 0 Å². The van der Waals surface area contributed by atoms with Crippen LogP contribution in [0.3, 0.4) is 0 Å². The molecule has 5 heteroatoms. The predicted molar refractivity (Wildman–Crippen MR) is 85.2 cm³/mol. The Balaban J connectivity index is 1.87. The third kappa shape index (κ3) is 4.41. The van der Waals surface area contributed by atoms with E-state index in [1.807, 2.05) is 18.2 Å². The van der Waals surface area contributed by atoms with Gasteiger partial charge in [0.05, 0.1) is 12.2 Å². The first-order chi connectivity index (χ1) is 10.6. The molecule has 1 aromatic heterocycles. The van der Waals surface area contributed by atoms with Gasteiger partial charge < -0.3 is 10.6 Å². The molecule has 2 N–H and O–H groups in total. The van der Waals surface area contributed by atoms with E-state index in [2.05, 4.69) is 29.5 Å². The minimum Gasteiger partial charge on any atom is -0.342 e. The van der Waals surface area contributed by atoms with Gasteiger partial charge in [0.1, 0.15) is 0 Å². The topological polar surface area (TPSA) is 71.1 Å². The fourth-order valence-corrected chi connectivity index (χ4v) is 1.89. The minimum atomic E-state index is -0.687. The van der Waals surface area contributed by atoms with Crippen LogP contribution < -0.4 is 10.6 Å². The Morgan fingerprint density at radius 1 is 1.05 bits per heavy atom. The molecule has 0 aliphatic heterocycles. The van der Waals surface area contributed by atoms with Crippen LogP contribution in [-0.2, 0) is 16.1 Å². The molecule has 1 aromatic carbocycles. The quantitative estimate of drug-likeness (QED) is 0.852. The summed E-state index contributed by atoms with van der Waals surface area (Å²) in [5.41, 5.74) is 2.48. The summed E-state index contributed by atoms with van der Waals surface area (Å²) in [6.07, 6.45) is 1.64. The Hall–Kier alpha value is -2.69. The number of nitrogens with one attached hydrogen (secondary N) is 2. The molecule has 2 aromatic rings. The van der Waals surface area contributed by atoms with Crippen molar-refractivity contribution in [2.45, 2.75) is 26.3 Å². The van der Waals surface area contributed by atoms with Crippen LogP contribution in [0.1, 0.15) is 31.0 Å². The van der Waals surface area contributed by atoms with Crippen molar-refractivity contribution in [2.24, 2.45) is 0 Å². The number of carbonyl (C=O) groups is 2. The highest BCUT2D eigenvalue weighted by molar-refractivity contribution is 6.39. The van der Waals surface area contributed by atoms with Gasteiger partial charge in [0.25, 0.3) is 0 Å². The fourth-order valence-electron chi connectivity index (χ4n) is 1.89. The molecule has 0 saturated carbocycles. The van der Waals surface area contributed by atoms with Crippen molar-refractivity contribution in [2.75, 3.05) is 5.32 Å². The zero-order valence-corrected chi connectivity index (χ0v) is 12.7. The number of nitrogens with zero attached hydrogens (tertiary/aromatic N) is 1. The summed E-state index contributed by atoms with van der Waals surface area (Å²) in [5, 5.41) is 5.11. The number of hydrogen-bond acceptors (Lipinski definition) is 3. The van der Waals surface area contributed by atoms with Crippen molar-refractivity contribution in [3.05, 3.63) is 59.9 Å². The first kappa shape index (κ1) is 15.7. The summed E-state index contributed by atoms with van der Waals surface area (Å²) in [7, 11) is 0. The molecule has 5 nitrogen and oxygen atoms in total. The summed E-state index contributed by atoms with van der Waals surface area (Å²) in [5.74, 6) is -0.946. The first-order valence-corrected chi connectivity index (χ1v) is 7.15. The molecule has 0 aliphatic carbocycles. The smallest absolute Gasteiger partial charge is 0.313 e. The molecule has 2 amide bonds. The average molecular weight is 297 g/mol. The molecule has 0 saturated heterocycles. The van der Waals surface area contributed by atoms with Crippen molar-refractivity contribution in [1.82, 2.24) is 10.3 Å². The summed E-state index contributed by atoms with van der Waals surface area (Å²) in [4.78, 5) is 27.6. The van der Waals surface area contributed by atoms with E-state index in [0.717, 1.165) is 0 Å². The lowest BCUT2D eigenvalue weighted by Gasteiger charge is -2.08. The van der Waals surface area contributed by atoms with E-state index in [9.17, 15) is 9.59 Å². The maximum absolute atomic E-state index is 11.8. The summed E-state index contributed by atoms with van der Waals surface area (Å²) in [6.45, 7) is 4.41. The van der Waals surface area contributed by atoms with E-state index < -0.39 is 11.8 Å². The molecule has 0 spiro atoms. The van der Waals surface area contributed by atoms with Crippen molar-refractivity contribution >= 4 is 17.5 Å². The number of amides is 2. The van der Waals surface area contributed by atoms with Crippen molar-refractivity contribution in [3.8, 4) is 0 Å². The lowest BCUT2D eigenvalue weighted by atomic mass is 10.0. The van der Waals surface area contributed by atoms with E-state index in [1.54, 1.807) is 30.5 Å². The number of aromatic nitrogens is 1.